The molecular formula is HN5O15Pu-4. The van der Waals surface area contributed by atoms with Crippen LogP contribution < -0.4 is 0 Å². The van der Waals surface area contributed by atoms with E-state index in [4.69, 9.17) is 76.6 Å². The van der Waals surface area contributed by atoms with Gasteiger partial charge in [0.05, 0.1) is 20.3 Å². The number of rotatable bonds is 0. The summed E-state index contributed by atoms with van der Waals surface area (Å²) in [5.74, 6) is 0. The molecule has 0 aromatic rings. The van der Waals surface area contributed by atoms with Crippen molar-refractivity contribution in [3.8, 4) is 0 Å². The summed E-state index contributed by atoms with van der Waals surface area (Å²) < 4.78 is 0. The monoisotopic (exact) mass is 549 g/mol. The summed E-state index contributed by atoms with van der Waals surface area (Å²) in [7, 11) is 0. The minimum absolute atomic E-state index is 0. The maximum atomic E-state index is 8.36. The zero-order valence-electron chi connectivity index (χ0n) is 8.81. The molecule has 0 atom stereocenters. The van der Waals surface area contributed by atoms with Gasteiger partial charge in [-0.3, -0.25) is 0 Å². The molecule has 21 heteroatoms. The summed E-state index contributed by atoms with van der Waals surface area (Å²) >= 11 is 0. The van der Waals surface area contributed by atoms with Crippen molar-refractivity contribution < 1.29 is 59.8 Å². The van der Waals surface area contributed by atoms with Crippen LogP contribution in [0.15, 0.2) is 0 Å². The quantitative estimate of drug-likeness (QED) is 0.268. The van der Waals surface area contributed by atoms with Crippen LogP contribution in [0.2, 0.25) is 0 Å². The first-order valence-corrected chi connectivity index (χ1v) is 2.76. The molecule has 0 saturated carbocycles. The summed E-state index contributed by atoms with van der Waals surface area (Å²) in [5, 5.41) is 72.6. The van der Waals surface area contributed by atoms with Gasteiger partial charge < -0.3 is 66.5 Å². The topological polar surface area (TPSA) is 328 Å². The molecule has 0 saturated heterocycles. The Balaban J connectivity index is -0.0000000331. The second-order valence-electron chi connectivity index (χ2n) is 1.13. The average Bonchev–Trinajstić information content (AvgIpc) is 1.94. The molecule has 0 amide bonds. The van der Waals surface area contributed by atoms with E-state index in [1.165, 1.54) is 0 Å². The Morgan fingerprint density at radius 1 is 0.476 bits per heavy atom. The van der Waals surface area contributed by atoms with E-state index in [1.54, 1.807) is 0 Å². The van der Waals surface area contributed by atoms with Gasteiger partial charge in [-0.1, -0.05) is 0 Å². The van der Waals surface area contributed by atoms with Crippen LogP contribution in [-0.2, 0) is 0 Å². The first-order valence-electron chi connectivity index (χ1n) is 2.76. The molecule has 0 spiro atoms. The van der Waals surface area contributed by atoms with Crippen LogP contribution in [0.4, 0.5) is 0 Å². The van der Waals surface area contributed by atoms with Gasteiger partial charge in [-0.25, -0.2) is 0 Å². The van der Waals surface area contributed by atoms with E-state index >= 15 is 0 Å². The second-order valence-corrected chi connectivity index (χ2v) is 1.13. The van der Waals surface area contributed by atoms with Crippen LogP contribution in [-0.4, -0.2) is 30.6 Å². The summed E-state index contributed by atoms with van der Waals surface area (Å²) in [6.45, 7) is 0. The van der Waals surface area contributed by atoms with Gasteiger partial charge in [-0.15, -0.1) is 10.1 Å². The minimum Gasteiger partial charge on any atom is -0.356 e. The maximum Gasteiger partial charge on any atom is 0.291 e. The number of hydrogen-bond donors (Lipinski definition) is 1. The fraction of sp³-hybridized carbons (Fsp3) is 0. The van der Waals surface area contributed by atoms with Crippen LogP contribution in [0.25, 0.3) is 0 Å². The number of hydrogen-bond acceptors (Lipinski definition) is 14. The van der Waals surface area contributed by atoms with Gasteiger partial charge in [0.1, 0.15) is 0 Å². The Kier molecular flexibility index (Phi) is 52.0. The van der Waals surface area contributed by atoms with Crippen molar-refractivity contribution in [3.05, 3.63) is 71.4 Å². The molecule has 0 bridgehead atoms. The average molecular weight is 555 g/mol. The van der Waals surface area contributed by atoms with Gasteiger partial charge in [0, 0.05) is 29.2 Å². The van der Waals surface area contributed by atoms with E-state index in [1.807, 2.05) is 0 Å². The third kappa shape index (κ3) is 420. The van der Waals surface area contributed by atoms with Crippen LogP contribution in [0.3, 0.4) is 0 Å². The first-order chi connectivity index (χ1) is 8.66. The van der Waals surface area contributed by atoms with Gasteiger partial charge in [0.2, 0.25) is 0 Å². The fourth-order valence-electron chi connectivity index (χ4n) is 0. The van der Waals surface area contributed by atoms with Gasteiger partial charge in [0.25, 0.3) is 5.09 Å². The molecule has 0 aliphatic heterocycles. The second kappa shape index (κ2) is 30.2. The van der Waals surface area contributed by atoms with Crippen molar-refractivity contribution in [1.29, 1.82) is 0 Å². The smallest absolute Gasteiger partial charge is 0.291 e. The molecule has 0 radical (unpaired) electrons. The van der Waals surface area contributed by atoms with E-state index in [0.717, 1.165) is 0 Å². The number of nitrogens with zero attached hydrogens (tertiary/aromatic N) is 5. The van der Waals surface area contributed by atoms with Gasteiger partial charge in [-0.05, 0) is 0 Å². The standard InChI is InChI=1S/HNO3.4NO3.Pu/c5*2-1(3)4;/h(H,2,3,4);;;;;/q;4*-1;. The van der Waals surface area contributed by atoms with E-state index in [2.05, 4.69) is 0 Å². The molecule has 20 nitrogen and oxygen atoms in total. The van der Waals surface area contributed by atoms with Crippen LogP contribution in [0.5, 0.6) is 0 Å². The Hall–Kier alpha value is -3.01. The Bertz CT molecular complexity index is 207. The molecular weight excluding hydrogens is 554 g/mol. The summed E-state index contributed by atoms with van der Waals surface area (Å²) in [4.78, 5) is 41.4. The van der Waals surface area contributed by atoms with Crippen molar-refractivity contribution in [2.45, 2.75) is 0 Å². The summed E-state index contributed by atoms with van der Waals surface area (Å²) in [5.41, 5.74) is 0. The fourth-order valence-corrected chi connectivity index (χ4v) is 0. The molecule has 0 fully saturated rings. The predicted molar refractivity (Wildman–Crippen MR) is 50.2 cm³/mol. The zero-order chi connectivity index (χ0) is 17.9. The largest absolute Gasteiger partial charge is 0.356 e. The molecule has 0 aliphatic rings. The summed E-state index contributed by atoms with van der Waals surface area (Å²) in [6.07, 6.45) is 0. The third-order valence-electron chi connectivity index (χ3n) is 0. The molecule has 126 valence electrons. The Morgan fingerprint density at radius 3 is 0.476 bits per heavy atom. The van der Waals surface area contributed by atoms with Gasteiger partial charge in [0.15, 0.2) is 0 Å². The molecule has 1 N–H and O–H groups in total. The Morgan fingerprint density at radius 2 is 0.476 bits per heavy atom. The zero-order valence-corrected chi connectivity index (χ0v) is 12.2. The van der Waals surface area contributed by atoms with Crippen LogP contribution in [0, 0.1) is 101 Å². The van der Waals surface area contributed by atoms with Crippen molar-refractivity contribution >= 4 is 0 Å². The molecule has 21 heavy (non-hydrogen) atoms. The molecule has 0 aliphatic carbocycles. The first kappa shape index (κ1) is 36.1. The van der Waals surface area contributed by atoms with E-state index in [0.29, 0.717) is 0 Å². The molecule has 0 aromatic heterocycles. The van der Waals surface area contributed by atoms with E-state index in [9.17, 15) is 0 Å². The van der Waals surface area contributed by atoms with Crippen molar-refractivity contribution in [1.82, 2.24) is 0 Å². The Labute approximate surface area is 131 Å². The third-order valence-corrected chi connectivity index (χ3v) is 0. The van der Waals surface area contributed by atoms with Gasteiger partial charge >= 0.3 is 0 Å². The predicted octanol–water partition coefficient (Wildman–Crippen LogP) is -1.30. The SMILES string of the molecule is O=[N+]([O-])O.O=[N+]([O-])[O-].O=[N+]([O-])[O-].O=[N+]([O-])[O-].O=[N+]([O-])[O-].[Pu]. The van der Waals surface area contributed by atoms with Crippen LogP contribution >= 0.6 is 0 Å². The van der Waals surface area contributed by atoms with E-state index < -0.39 is 25.4 Å². The molecule has 0 unspecified atom stereocenters. The molecule has 0 aromatic carbocycles. The molecule has 0 heterocycles. The van der Waals surface area contributed by atoms with Crippen molar-refractivity contribution in [2.24, 2.45) is 0 Å². The van der Waals surface area contributed by atoms with E-state index in [-0.39, 0.29) is 29.2 Å². The molecule has 0 rings (SSSR count). The van der Waals surface area contributed by atoms with Gasteiger partial charge in [-0.2, -0.15) is 0 Å². The van der Waals surface area contributed by atoms with Crippen molar-refractivity contribution in [2.75, 3.05) is 0 Å². The normalized spacial score (nSPS) is 5.71. The summed E-state index contributed by atoms with van der Waals surface area (Å²) in [6, 6.07) is 0. The minimum atomic E-state index is -1.75. The van der Waals surface area contributed by atoms with Crippen LogP contribution in [0.1, 0.15) is 0 Å². The maximum absolute atomic E-state index is 8.36. The van der Waals surface area contributed by atoms with Crippen molar-refractivity contribution in [3.63, 3.8) is 0 Å².